The molecule has 0 radical (unpaired) electrons. The van der Waals surface area contributed by atoms with Crippen LogP contribution >= 0.6 is 15.6 Å². The summed E-state index contributed by atoms with van der Waals surface area (Å²) in [7, 11) is -9.92. The van der Waals surface area contributed by atoms with Gasteiger partial charge in [0.25, 0.3) is 0 Å². The lowest BCUT2D eigenvalue weighted by molar-refractivity contribution is -0.161. The van der Waals surface area contributed by atoms with Crippen molar-refractivity contribution in [2.24, 2.45) is 17.8 Å². The van der Waals surface area contributed by atoms with Crippen LogP contribution in [0.1, 0.15) is 350 Å². The summed E-state index contributed by atoms with van der Waals surface area (Å²) in [5.41, 5.74) is 0. The highest BCUT2D eigenvalue weighted by atomic mass is 31.2. The number of hydrogen-bond donors (Lipinski definition) is 3. The number of hydrogen-bond acceptors (Lipinski definition) is 15. The number of aliphatic hydroxyl groups excluding tert-OH is 1. The maximum absolute atomic E-state index is 13.0. The van der Waals surface area contributed by atoms with Gasteiger partial charge in [-0.25, -0.2) is 9.13 Å². The van der Waals surface area contributed by atoms with Crippen LogP contribution in [0.25, 0.3) is 0 Å². The molecule has 0 saturated carbocycles. The molecular formula is C74H140O17P2. The van der Waals surface area contributed by atoms with Gasteiger partial charge >= 0.3 is 39.5 Å². The molecule has 93 heavy (non-hydrogen) atoms. The Morgan fingerprint density at radius 3 is 0.957 bits per heavy atom. The van der Waals surface area contributed by atoms with Crippen LogP contribution in [0.3, 0.4) is 0 Å². The zero-order valence-electron chi connectivity index (χ0n) is 60.2. The van der Waals surface area contributed by atoms with Gasteiger partial charge in [-0.05, 0) is 69.1 Å². The van der Waals surface area contributed by atoms with E-state index in [1.54, 1.807) is 0 Å². The Bertz CT molecular complexity index is 1910. The molecule has 0 aliphatic heterocycles. The van der Waals surface area contributed by atoms with Gasteiger partial charge in [0, 0.05) is 25.7 Å². The van der Waals surface area contributed by atoms with Crippen molar-refractivity contribution in [3.05, 3.63) is 24.3 Å². The number of carbonyl (C=O) groups excluding carboxylic acids is 4. The molecule has 0 spiro atoms. The van der Waals surface area contributed by atoms with Gasteiger partial charge in [-0.1, -0.05) is 297 Å². The Morgan fingerprint density at radius 2 is 0.634 bits per heavy atom. The minimum absolute atomic E-state index is 0.0835. The Kier molecular flexibility index (Phi) is 62.5. The third-order valence-electron chi connectivity index (χ3n) is 16.9. The number of unbranched alkanes of at least 4 members (excludes halogenated alkanes) is 34. The number of aliphatic hydroxyl groups is 1. The highest BCUT2D eigenvalue weighted by Gasteiger charge is 2.30. The average Bonchev–Trinajstić information content (AvgIpc) is 3.44. The summed E-state index contributed by atoms with van der Waals surface area (Å²) in [6.07, 6.45) is 52.4. The van der Waals surface area contributed by atoms with Gasteiger partial charge in [0.2, 0.25) is 0 Å². The predicted octanol–water partition coefficient (Wildman–Crippen LogP) is 21.0. The quantitative estimate of drug-likeness (QED) is 0.0169. The monoisotopic (exact) mass is 1360 g/mol. The number of phosphoric acid groups is 2. The normalized spacial score (nSPS) is 14.6. The Hall–Kier alpha value is -2.46. The summed E-state index contributed by atoms with van der Waals surface area (Å²) >= 11 is 0. The lowest BCUT2D eigenvalue weighted by Gasteiger charge is -2.21. The first kappa shape index (κ1) is 90.5. The zero-order valence-corrected chi connectivity index (χ0v) is 62.0. The molecule has 0 aromatic heterocycles. The molecule has 0 heterocycles. The third kappa shape index (κ3) is 66.6. The molecule has 0 bridgehead atoms. The van der Waals surface area contributed by atoms with Crippen molar-refractivity contribution in [1.82, 2.24) is 0 Å². The summed E-state index contributed by atoms with van der Waals surface area (Å²) in [6, 6.07) is 0. The number of carbonyl (C=O) groups is 4. The average molecular weight is 1360 g/mol. The van der Waals surface area contributed by atoms with Gasteiger partial charge in [0.15, 0.2) is 12.2 Å². The number of ether oxygens (including phenoxy) is 4. The molecule has 0 saturated heterocycles. The van der Waals surface area contributed by atoms with E-state index in [-0.39, 0.29) is 25.7 Å². The number of rotatable bonds is 70. The molecule has 0 aliphatic rings. The number of allylic oxidation sites excluding steroid dienone is 4. The van der Waals surface area contributed by atoms with Crippen molar-refractivity contribution in [3.8, 4) is 0 Å². The van der Waals surface area contributed by atoms with E-state index in [2.05, 4.69) is 72.8 Å². The summed E-state index contributed by atoms with van der Waals surface area (Å²) in [4.78, 5) is 72.6. The molecule has 19 heteroatoms. The van der Waals surface area contributed by atoms with Crippen LogP contribution in [-0.2, 0) is 65.4 Å². The van der Waals surface area contributed by atoms with Gasteiger partial charge in [0.05, 0.1) is 26.4 Å². The fraction of sp³-hybridized carbons (Fsp3) is 0.892. The molecule has 0 aromatic carbocycles. The van der Waals surface area contributed by atoms with Crippen molar-refractivity contribution in [2.45, 2.75) is 369 Å². The highest BCUT2D eigenvalue weighted by molar-refractivity contribution is 7.47. The van der Waals surface area contributed by atoms with Crippen LogP contribution in [-0.4, -0.2) is 96.7 Å². The molecule has 17 nitrogen and oxygen atoms in total. The van der Waals surface area contributed by atoms with Crippen LogP contribution < -0.4 is 0 Å². The molecule has 548 valence electrons. The summed E-state index contributed by atoms with van der Waals surface area (Å²) in [6.45, 7) is 11.7. The van der Waals surface area contributed by atoms with E-state index >= 15 is 0 Å². The molecule has 3 unspecified atom stereocenters. The van der Waals surface area contributed by atoms with E-state index in [9.17, 15) is 43.2 Å². The summed E-state index contributed by atoms with van der Waals surface area (Å²) < 4.78 is 68.3. The van der Waals surface area contributed by atoms with Crippen molar-refractivity contribution in [2.75, 3.05) is 39.6 Å². The maximum atomic E-state index is 13.0. The zero-order chi connectivity index (χ0) is 68.7. The first-order valence-corrected chi connectivity index (χ1v) is 40.7. The third-order valence-corrected chi connectivity index (χ3v) is 18.8. The molecule has 0 amide bonds. The largest absolute Gasteiger partial charge is 0.472 e. The fourth-order valence-electron chi connectivity index (χ4n) is 10.7. The lowest BCUT2D eigenvalue weighted by atomic mass is 10.00. The van der Waals surface area contributed by atoms with Crippen molar-refractivity contribution >= 4 is 39.5 Å². The van der Waals surface area contributed by atoms with E-state index in [0.717, 1.165) is 127 Å². The van der Waals surface area contributed by atoms with Gasteiger partial charge in [-0.3, -0.25) is 37.3 Å². The highest BCUT2D eigenvalue weighted by Crippen LogP contribution is 2.45. The van der Waals surface area contributed by atoms with Gasteiger partial charge in [0.1, 0.15) is 19.3 Å². The van der Waals surface area contributed by atoms with Crippen molar-refractivity contribution in [3.63, 3.8) is 0 Å². The molecule has 0 fully saturated rings. The van der Waals surface area contributed by atoms with Crippen molar-refractivity contribution < 1.29 is 80.2 Å². The lowest BCUT2D eigenvalue weighted by Crippen LogP contribution is -2.30. The summed E-state index contributed by atoms with van der Waals surface area (Å²) in [5, 5.41) is 10.6. The topological polar surface area (TPSA) is 237 Å². The first-order valence-electron chi connectivity index (χ1n) is 37.7. The van der Waals surface area contributed by atoms with Gasteiger partial charge in [-0.2, -0.15) is 0 Å². The number of phosphoric ester groups is 2. The van der Waals surface area contributed by atoms with E-state index in [1.165, 1.54) is 135 Å². The Labute approximate surface area is 567 Å². The first-order chi connectivity index (χ1) is 44.8. The van der Waals surface area contributed by atoms with Crippen LogP contribution in [0.4, 0.5) is 0 Å². The number of esters is 4. The second-order valence-electron chi connectivity index (χ2n) is 27.2. The Morgan fingerprint density at radius 1 is 0.355 bits per heavy atom. The molecule has 6 atom stereocenters. The summed E-state index contributed by atoms with van der Waals surface area (Å²) in [5.74, 6) is 0.0575. The van der Waals surface area contributed by atoms with E-state index in [0.29, 0.717) is 31.6 Å². The minimum atomic E-state index is -4.96. The molecule has 3 N–H and O–H groups in total. The maximum Gasteiger partial charge on any atom is 0.472 e. The second-order valence-corrected chi connectivity index (χ2v) is 30.1. The van der Waals surface area contributed by atoms with Gasteiger partial charge in [-0.15, -0.1) is 0 Å². The SMILES string of the molecule is CCCCCC/C=C\C=C/CCCCCCCC(=O)O[C@H](COC(=O)CCCCCCCCC(C)C)COP(=O)(O)OC[C@@H](O)COP(=O)(O)OC[C@@H](COC(=O)CCCCCCCCC(C)CC)OC(=O)CCCCCCCCCCCCCCCCCCC(C)C. The molecule has 0 rings (SSSR count). The predicted molar refractivity (Wildman–Crippen MR) is 377 cm³/mol. The van der Waals surface area contributed by atoms with Crippen LogP contribution in [0.2, 0.25) is 0 Å². The smallest absolute Gasteiger partial charge is 0.462 e. The standard InChI is InChI=1S/C74H140O17P2/c1-8-10-11-12-13-14-15-16-19-23-26-29-32-43-50-57-73(78)90-69(61-84-71(76)55-48-41-36-34-39-46-53-66(5)6)63-88-92(80,81)86-59-68(75)60-87-93(82,83)89-64-70(62-85-72(77)56-49-42-37-35-40-47-54-67(7)9-2)91-74(79)58-51-44-33-30-27-24-21-18-17-20-22-25-28-31-38-45-52-65(3)4/h14-16,19,65-70,75H,8-13,17-18,20-64H2,1-7H3,(H,80,81)(H,82,83)/b15-14-,19-16-/t67?,68-,69-,70-/m1/s1. The second kappa shape index (κ2) is 64.2. The van der Waals surface area contributed by atoms with Gasteiger partial charge < -0.3 is 33.8 Å². The van der Waals surface area contributed by atoms with Crippen LogP contribution in [0.5, 0.6) is 0 Å². The van der Waals surface area contributed by atoms with Crippen molar-refractivity contribution in [1.29, 1.82) is 0 Å². The molecular weight excluding hydrogens is 1220 g/mol. The van der Waals surface area contributed by atoms with E-state index in [1.807, 2.05) is 0 Å². The minimum Gasteiger partial charge on any atom is -0.462 e. The Balaban J connectivity index is 5.23. The molecule has 0 aliphatic carbocycles. The van der Waals surface area contributed by atoms with E-state index in [4.69, 9.17) is 37.0 Å². The fourth-order valence-corrected chi connectivity index (χ4v) is 12.3. The van der Waals surface area contributed by atoms with Crippen LogP contribution in [0, 0.1) is 17.8 Å². The molecule has 0 aromatic rings. The van der Waals surface area contributed by atoms with Crippen LogP contribution in [0.15, 0.2) is 24.3 Å². The van der Waals surface area contributed by atoms with E-state index < -0.39 is 97.5 Å².